The Morgan fingerprint density at radius 3 is 2.89 bits per heavy atom. The summed E-state index contributed by atoms with van der Waals surface area (Å²) in [4.78, 5) is 7.94. The van der Waals surface area contributed by atoms with Crippen LogP contribution in [0.1, 0.15) is 17.0 Å². The molecule has 1 N–H and O–H groups in total. The molecular weight excluding hydrogens is 224 g/mol. The number of hydrogen-bond acceptors (Lipinski definition) is 3. The Bertz CT molecular complexity index is 610. The number of aliphatic imine (C=N–C) groups is 1. The molecule has 1 aliphatic carbocycles. The lowest BCUT2D eigenvalue weighted by atomic mass is 9.90. The van der Waals surface area contributed by atoms with Gasteiger partial charge in [-0.05, 0) is 30.7 Å². The molecule has 4 heteroatoms. The molecule has 3 rings (SSSR count). The van der Waals surface area contributed by atoms with Crippen molar-refractivity contribution in [3.8, 4) is 0 Å². The molecule has 0 bridgehead atoms. The minimum Gasteiger partial charge on any atom is -0.261 e. The number of benzene rings is 1. The minimum absolute atomic E-state index is 0.418. The average molecular weight is 238 g/mol. The number of allylic oxidation sites excluding steroid dienone is 2. The third-order valence-corrected chi connectivity index (χ3v) is 3.20. The first-order chi connectivity index (χ1) is 8.85. The van der Waals surface area contributed by atoms with Gasteiger partial charge in [-0.1, -0.05) is 35.9 Å². The van der Waals surface area contributed by atoms with Crippen LogP contribution >= 0.6 is 0 Å². The van der Waals surface area contributed by atoms with Crippen LogP contribution in [-0.4, -0.2) is 21.9 Å². The molecule has 4 nitrogen and oxygen atoms in total. The number of aromatic amines is 1. The Hall–Kier alpha value is -2.23. The largest absolute Gasteiger partial charge is 0.267 e. The van der Waals surface area contributed by atoms with Crippen molar-refractivity contribution >= 4 is 12.7 Å². The lowest BCUT2D eigenvalue weighted by molar-refractivity contribution is 0.895. The highest BCUT2D eigenvalue weighted by Crippen LogP contribution is 2.22. The monoisotopic (exact) mass is 238 g/mol. The Labute approximate surface area is 105 Å². The second-order valence-corrected chi connectivity index (χ2v) is 4.43. The molecule has 0 atom stereocenters. The van der Waals surface area contributed by atoms with Crippen molar-refractivity contribution in [2.45, 2.75) is 19.3 Å². The summed E-state index contributed by atoms with van der Waals surface area (Å²) in [6.07, 6.45) is 5.09. The molecule has 0 unspecified atom stereocenters. The number of nitrogens with one attached hydrogen (secondary N) is 1. The van der Waals surface area contributed by atoms with Gasteiger partial charge in [-0.2, -0.15) is 4.98 Å². The second-order valence-electron chi connectivity index (χ2n) is 4.43. The topological polar surface area (TPSA) is 53.9 Å². The predicted octanol–water partition coefficient (Wildman–Crippen LogP) is 2.40. The molecule has 1 aromatic heterocycles. The van der Waals surface area contributed by atoms with E-state index in [4.69, 9.17) is 0 Å². The lowest BCUT2D eigenvalue weighted by Crippen LogP contribution is -2.05. The van der Waals surface area contributed by atoms with E-state index < -0.39 is 0 Å². The van der Waals surface area contributed by atoms with Gasteiger partial charge >= 0.3 is 0 Å². The minimum atomic E-state index is 0.418. The van der Waals surface area contributed by atoms with E-state index in [0.29, 0.717) is 5.95 Å². The van der Waals surface area contributed by atoms with E-state index >= 15 is 0 Å². The zero-order chi connectivity index (χ0) is 12.4. The van der Waals surface area contributed by atoms with E-state index in [-0.39, 0.29) is 0 Å². The molecule has 0 aliphatic heterocycles. The standard InChI is InChI=1S/C14H14N4/c1-15-14-16-13(17-18-14)9-10-6-7-11-4-2-3-5-12(11)8-10/h2-6H,1,7-9H2,(H,16,17,18). The van der Waals surface area contributed by atoms with Crippen LogP contribution in [0.25, 0.3) is 0 Å². The van der Waals surface area contributed by atoms with Crippen molar-refractivity contribution < 1.29 is 0 Å². The highest BCUT2D eigenvalue weighted by molar-refractivity contribution is 5.38. The maximum absolute atomic E-state index is 4.24. The summed E-state index contributed by atoms with van der Waals surface area (Å²) >= 11 is 0. The van der Waals surface area contributed by atoms with Crippen molar-refractivity contribution in [1.82, 2.24) is 15.2 Å². The van der Waals surface area contributed by atoms with Gasteiger partial charge in [0.25, 0.3) is 5.95 Å². The van der Waals surface area contributed by atoms with Crippen molar-refractivity contribution in [2.24, 2.45) is 4.99 Å². The molecule has 0 amide bonds. The van der Waals surface area contributed by atoms with Crippen molar-refractivity contribution in [3.63, 3.8) is 0 Å². The van der Waals surface area contributed by atoms with E-state index in [9.17, 15) is 0 Å². The van der Waals surface area contributed by atoms with E-state index in [1.54, 1.807) is 0 Å². The highest BCUT2D eigenvalue weighted by Gasteiger charge is 2.12. The zero-order valence-electron chi connectivity index (χ0n) is 10.1. The van der Waals surface area contributed by atoms with Gasteiger partial charge in [0, 0.05) is 6.42 Å². The van der Waals surface area contributed by atoms with Gasteiger partial charge in [-0.25, -0.2) is 4.99 Å². The summed E-state index contributed by atoms with van der Waals surface area (Å²) in [6.45, 7) is 3.41. The maximum Gasteiger partial charge on any atom is 0.267 e. The highest BCUT2D eigenvalue weighted by atomic mass is 15.3. The Balaban J connectivity index is 1.76. The predicted molar refractivity (Wildman–Crippen MR) is 71.2 cm³/mol. The van der Waals surface area contributed by atoms with Gasteiger partial charge in [-0.3, -0.25) is 5.10 Å². The van der Waals surface area contributed by atoms with E-state index in [2.05, 4.69) is 57.2 Å². The van der Waals surface area contributed by atoms with E-state index in [1.165, 1.54) is 16.7 Å². The van der Waals surface area contributed by atoms with Crippen molar-refractivity contribution in [2.75, 3.05) is 0 Å². The fourth-order valence-corrected chi connectivity index (χ4v) is 2.28. The van der Waals surface area contributed by atoms with Gasteiger partial charge in [0.05, 0.1) is 0 Å². The van der Waals surface area contributed by atoms with Gasteiger partial charge in [0.2, 0.25) is 0 Å². The molecule has 0 saturated carbocycles. The molecule has 18 heavy (non-hydrogen) atoms. The van der Waals surface area contributed by atoms with Crippen LogP contribution in [0.3, 0.4) is 0 Å². The molecule has 1 heterocycles. The number of hydrogen-bond donors (Lipinski definition) is 1. The lowest BCUT2D eigenvalue weighted by Gasteiger charge is -2.15. The Kier molecular flexibility index (Phi) is 2.76. The molecule has 0 spiro atoms. The zero-order valence-corrected chi connectivity index (χ0v) is 10.1. The first kappa shape index (κ1) is 10.9. The molecular formula is C14H14N4. The van der Waals surface area contributed by atoms with Crippen LogP contribution in [0.5, 0.6) is 0 Å². The van der Waals surface area contributed by atoms with Gasteiger partial charge < -0.3 is 0 Å². The fraction of sp³-hybridized carbons (Fsp3) is 0.214. The van der Waals surface area contributed by atoms with Crippen molar-refractivity contribution in [3.05, 3.63) is 52.9 Å². The molecule has 1 aromatic carbocycles. The normalized spacial score (nSPS) is 13.9. The summed E-state index contributed by atoms with van der Waals surface area (Å²) in [5.41, 5.74) is 4.21. The summed E-state index contributed by atoms with van der Waals surface area (Å²) in [5, 5.41) is 6.84. The van der Waals surface area contributed by atoms with Crippen LogP contribution in [-0.2, 0) is 19.3 Å². The molecule has 0 fully saturated rings. The molecule has 0 radical (unpaired) electrons. The summed E-state index contributed by atoms with van der Waals surface area (Å²) in [5.74, 6) is 1.27. The number of H-pyrrole nitrogens is 1. The Morgan fingerprint density at radius 2 is 2.11 bits per heavy atom. The quantitative estimate of drug-likeness (QED) is 0.659. The van der Waals surface area contributed by atoms with Crippen LogP contribution in [0.2, 0.25) is 0 Å². The summed E-state index contributed by atoms with van der Waals surface area (Å²) < 4.78 is 0. The smallest absolute Gasteiger partial charge is 0.261 e. The van der Waals surface area contributed by atoms with E-state index in [1.807, 2.05) is 0 Å². The van der Waals surface area contributed by atoms with Crippen LogP contribution in [0.15, 0.2) is 40.9 Å². The van der Waals surface area contributed by atoms with Crippen molar-refractivity contribution in [1.29, 1.82) is 0 Å². The average Bonchev–Trinajstić information content (AvgIpc) is 2.86. The summed E-state index contributed by atoms with van der Waals surface area (Å²) in [7, 11) is 0. The number of nitrogens with zero attached hydrogens (tertiary/aromatic N) is 3. The molecule has 0 saturated heterocycles. The first-order valence-corrected chi connectivity index (χ1v) is 5.98. The third-order valence-electron chi connectivity index (χ3n) is 3.20. The van der Waals surface area contributed by atoms with Crippen LogP contribution in [0, 0.1) is 0 Å². The molecule has 2 aromatic rings. The molecule has 1 aliphatic rings. The van der Waals surface area contributed by atoms with Crippen LogP contribution < -0.4 is 0 Å². The summed E-state index contributed by atoms with van der Waals surface area (Å²) in [6, 6.07) is 8.57. The third kappa shape index (κ3) is 2.09. The number of fused-ring (bicyclic) bond motifs is 1. The number of aromatic nitrogens is 3. The van der Waals surface area contributed by atoms with Crippen LogP contribution in [0.4, 0.5) is 5.95 Å². The Morgan fingerprint density at radius 1 is 1.28 bits per heavy atom. The van der Waals surface area contributed by atoms with Gasteiger partial charge in [-0.15, -0.1) is 5.10 Å². The maximum atomic E-state index is 4.24. The molecule has 90 valence electrons. The first-order valence-electron chi connectivity index (χ1n) is 5.98. The SMILES string of the molecule is C=Nc1n[nH]c(CC2=CCc3ccccc3C2)n1. The second kappa shape index (κ2) is 4.56. The van der Waals surface area contributed by atoms with Gasteiger partial charge in [0.1, 0.15) is 5.82 Å². The fourth-order valence-electron chi connectivity index (χ4n) is 2.28. The van der Waals surface area contributed by atoms with Gasteiger partial charge in [0.15, 0.2) is 0 Å². The number of rotatable bonds is 3. The van der Waals surface area contributed by atoms with E-state index in [0.717, 1.165) is 25.1 Å².